The molecule has 5 heteroatoms. The monoisotopic (exact) mass is 386 g/mol. The minimum absolute atomic E-state index is 0.0317. The second kappa shape index (κ2) is 9.25. The van der Waals surface area contributed by atoms with Gasteiger partial charge in [-0.05, 0) is 80.7 Å². The highest BCUT2D eigenvalue weighted by atomic mass is 35.5. The fraction of sp³-hybridized carbons (Fsp3) is 0.409. The number of rotatable bonds is 6. The summed E-state index contributed by atoms with van der Waals surface area (Å²) in [5.41, 5.74) is 3.94. The first kappa shape index (κ1) is 19.7. The predicted molar refractivity (Wildman–Crippen MR) is 111 cm³/mol. The van der Waals surface area contributed by atoms with Gasteiger partial charge in [-0.25, -0.2) is 0 Å². The van der Waals surface area contributed by atoms with Crippen molar-refractivity contribution in [2.24, 2.45) is 0 Å². The van der Waals surface area contributed by atoms with Gasteiger partial charge in [-0.3, -0.25) is 9.69 Å². The third kappa shape index (κ3) is 5.72. The molecule has 0 bridgehead atoms. The molecular formula is C22H27ClN2O2. The Balaban J connectivity index is 1.49. The summed E-state index contributed by atoms with van der Waals surface area (Å²) < 4.78 is 5.60. The number of halogens is 1. The summed E-state index contributed by atoms with van der Waals surface area (Å²) in [5.74, 6) is 0.477. The SMILES string of the molecule is Cc1cc(OCC(=O)Nc2ccc(CN3CCCCC3)cc2)cc(C)c1Cl. The summed E-state index contributed by atoms with van der Waals surface area (Å²) in [6.45, 7) is 7.16. The number of hydrogen-bond acceptors (Lipinski definition) is 3. The van der Waals surface area contributed by atoms with Crippen LogP contribution in [0.5, 0.6) is 5.75 Å². The van der Waals surface area contributed by atoms with Crippen LogP contribution in [0.2, 0.25) is 5.02 Å². The molecule has 0 aliphatic carbocycles. The molecule has 1 aliphatic heterocycles. The lowest BCUT2D eigenvalue weighted by Gasteiger charge is -2.26. The Hall–Kier alpha value is -2.04. The Morgan fingerprint density at radius 1 is 1.07 bits per heavy atom. The number of carbonyl (C=O) groups is 1. The number of benzene rings is 2. The lowest BCUT2D eigenvalue weighted by atomic mass is 10.1. The fourth-order valence-electron chi connectivity index (χ4n) is 3.40. The molecule has 3 rings (SSSR count). The zero-order valence-electron chi connectivity index (χ0n) is 16.1. The topological polar surface area (TPSA) is 41.6 Å². The molecule has 144 valence electrons. The lowest BCUT2D eigenvalue weighted by molar-refractivity contribution is -0.118. The Morgan fingerprint density at radius 3 is 2.33 bits per heavy atom. The average Bonchev–Trinajstić information content (AvgIpc) is 2.67. The first-order valence-electron chi connectivity index (χ1n) is 9.52. The Kier molecular flexibility index (Phi) is 6.75. The van der Waals surface area contributed by atoms with Crippen molar-refractivity contribution in [2.45, 2.75) is 39.7 Å². The standard InChI is InChI=1S/C22H27ClN2O2/c1-16-12-20(13-17(2)22(16)23)27-15-21(26)24-19-8-6-18(7-9-19)14-25-10-4-3-5-11-25/h6-9,12-13H,3-5,10-11,14-15H2,1-2H3,(H,24,26). The summed E-state index contributed by atoms with van der Waals surface area (Å²) in [4.78, 5) is 14.6. The molecule has 0 radical (unpaired) electrons. The third-order valence-corrected chi connectivity index (χ3v) is 5.47. The Morgan fingerprint density at radius 2 is 1.70 bits per heavy atom. The van der Waals surface area contributed by atoms with Crippen molar-refractivity contribution in [3.05, 3.63) is 58.1 Å². The number of amides is 1. The molecule has 0 aromatic heterocycles. The van der Waals surface area contributed by atoms with E-state index in [1.807, 2.05) is 38.1 Å². The normalized spacial score (nSPS) is 14.8. The first-order valence-corrected chi connectivity index (χ1v) is 9.90. The highest BCUT2D eigenvalue weighted by Crippen LogP contribution is 2.25. The van der Waals surface area contributed by atoms with Gasteiger partial charge in [0.05, 0.1) is 0 Å². The summed E-state index contributed by atoms with van der Waals surface area (Å²) in [7, 11) is 0. The van der Waals surface area contributed by atoms with Crippen molar-refractivity contribution in [1.82, 2.24) is 4.90 Å². The molecule has 27 heavy (non-hydrogen) atoms. The number of carbonyl (C=O) groups excluding carboxylic acids is 1. The van der Waals surface area contributed by atoms with E-state index in [1.165, 1.54) is 37.9 Å². The fourth-order valence-corrected chi connectivity index (χ4v) is 3.51. The summed E-state index contributed by atoms with van der Waals surface area (Å²) >= 11 is 6.16. The van der Waals surface area contributed by atoms with E-state index in [4.69, 9.17) is 16.3 Å². The zero-order chi connectivity index (χ0) is 19.2. The number of nitrogens with zero attached hydrogens (tertiary/aromatic N) is 1. The molecule has 0 atom stereocenters. The van der Waals surface area contributed by atoms with Gasteiger partial charge in [-0.1, -0.05) is 30.2 Å². The van der Waals surface area contributed by atoms with Gasteiger partial charge in [0.2, 0.25) is 0 Å². The van der Waals surface area contributed by atoms with Crippen LogP contribution in [-0.4, -0.2) is 30.5 Å². The average molecular weight is 387 g/mol. The van der Waals surface area contributed by atoms with Crippen LogP contribution >= 0.6 is 11.6 Å². The van der Waals surface area contributed by atoms with Crippen molar-refractivity contribution >= 4 is 23.2 Å². The van der Waals surface area contributed by atoms with E-state index in [-0.39, 0.29) is 12.5 Å². The van der Waals surface area contributed by atoms with Crippen molar-refractivity contribution in [3.8, 4) is 5.75 Å². The number of aryl methyl sites for hydroxylation is 2. The van der Waals surface area contributed by atoms with Crippen molar-refractivity contribution < 1.29 is 9.53 Å². The van der Waals surface area contributed by atoms with E-state index in [0.717, 1.165) is 28.4 Å². The van der Waals surface area contributed by atoms with E-state index >= 15 is 0 Å². The van der Waals surface area contributed by atoms with Crippen LogP contribution < -0.4 is 10.1 Å². The van der Waals surface area contributed by atoms with Gasteiger partial charge in [-0.15, -0.1) is 0 Å². The van der Waals surface area contributed by atoms with E-state index in [9.17, 15) is 4.79 Å². The molecule has 1 saturated heterocycles. The molecule has 1 heterocycles. The number of likely N-dealkylation sites (tertiary alicyclic amines) is 1. The summed E-state index contributed by atoms with van der Waals surface area (Å²) in [6.07, 6.45) is 3.93. The molecule has 1 amide bonds. The largest absolute Gasteiger partial charge is 0.484 e. The van der Waals surface area contributed by atoms with Crippen LogP contribution in [0.25, 0.3) is 0 Å². The highest BCUT2D eigenvalue weighted by molar-refractivity contribution is 6.32. The first-order chi connectivity index (χ1) is 13.0. The maximum atomic E-state index is 12.2. The van der Waals surface area contributed by atoms with E-state index in [2.05, 4.69) is 22.3 Å². The minimum atomic E-state index is -0.177. The van der Waals surface area contributed by atoms with Crippen molar-refractivity contribution in [2.75, 3.05) is 25.0 Å². The van der Waals surface area contributed by atoms with Crippen LogP contribution in [0.1, 0.15) is 36.0 Å². The number of ether oxygens (including phenoxy) is 1. The number of piperidine rings is 1. The zero-order valence-corrected chi connectivity index (χ0v) is 16.8. The molecule has 4 nitrogen and oxygen atoms in total. The molecular weight excluding hydrogens is 360 g/mol. The predicted octanol–water partition coefficient (Wildman–Crippen LogP) is 4.96. The molecule has 0 saturated carbocycles. The number of anilines is 1. The smallest absolute Gasteiger partial charge is 0.262 e. The van der Waals surface area contributed by atoms with E-state index < -0.39 is 0 Å². The molecule has 1 aliphatic rings. The van der Waals surface area contributed by atoms with Crippen LogP contribution in [0.4, 0.5) is 5.69 Å². The van der Waals surface area contributed by atoms with Gasteiger partial charge < -0.3 is 10.1 Å². The maximum absolute atomic E-state index is 12.2. The van der Waals surface area contributed by atoms with Crippen LogP contribution in [0, 0.1) is 13.8 Å². The second-order valence-electron chi connectivity index (χ2n) is 7.24. The number of hydrogen-bond donors (Lipinski definition) is 1. The van der Waals surface area contributed by atoms with Crippen molar-refractivity contribution in [1.29, 1.82) is 0 Å². The van der Waals surface area contributed by atoms with Crippen LogP contribution in [0.3, 0.4) is 0 Å². The van der Waals surface area contributed by atoms with Crippen LogP contribution in [0.15, 0.2) is 36.4 Å². The third-order valence-electron chi connectivity index (χ3n) is 4.87. The lowest BCUT2D eigenvalue weighted by Crippen LogP contribution is -2.29. The molecule has 2 aromatic rings. The second-order valence-corrected chi connectivity index (χ2v) is 7.62. The molecule has 0 unspecified atom stereocenters. The summed E-state index contributed by atoms with van der Waals surface area (Å²) in [5, 5.41) is 3.61. The molecule has 0 spiro atoms. The minimum Gasteiger partial charge on any atom is -0.484 e. The molecule has 1 fully saturated rings. The van der Waals surface area contributed by atoms with Gasteiger partial charge in [0.1, 0.15) is 5.75 Å². The van der Waals surface area contributed by atoms with Gasteiger partial charge >= 0.3 is 0 Å². The molecule has 2 aromatic carbocycles. The maximum Gasteiger partial charge on any atom is 0.262 e. The molecule has 1 N–H and O–H groups in total. The van der Waals surface area contributed by atoms with Gasteiger partial charge in [0.25, 0.3) is 5.91 Å². The van der Waals surface area contributed by atoms with Crippen LogP contribution in [-0.2, 0) is 11.3 Å². The van der Waals surface area contributed by atoms with E-state index in [1.54, 1.807) is 0 Å². The summed E-state index contributed by atoms with van der Waals surface area (Å²) in [6, 6.07) is 11.8. The quantitative estimate of drug-likeness (QED) is 0.762. The van der Waals surface area contributed by atoms with Crippen molar-refractivity contribution in [3.63, 3.8) is 0 Å². The Labute approximate surface area is 166 Å². The van der Waals surface area contributed by atoms with Gasteiger partial charge in [-0.2, -0.15) is 0 Å². The highest BCUT2D eigenvalue weighted by Gasteiger charge is 2.11. The Bertz CT molecular complexity index is 760. The van der Waals surface area contributed by atoms with E-state index in [0.29, 0.717) is 5.75 Å². The number of nitrogens with one attached hydrogen (secondary N) is 1. The van der Waals surface area contributed by atoms with Gasteiger partial charge in [0.15, 0.2) is 6.61 Å². The van der Waals surface area contributed by atoms with Gasteiger partial charge in [0, 0.05) is 17.3 Å².